The van der Waals surface area contributed by atoms with Crippen molar-refractivity contribution in [1.29, 1.82) is 0 Å². The summed E-state index contributed by atoms with van der Waals surface area (Å²) in [6.07, 6.45) is -4.56. The Morgan fingerprint density at radius 3 is 2.48 bits per heavy atom. The number of aromatic amines is 1. The van der Waals surface area contributed by atoms with Crippen LogP contribution >= 0.6 is 0 Å². The molecule has 1 heterocycles. The molecule has 1 amide bonds. The summed E-state index contributed by atoms with van der Waals surface area (Å²) in [7, 11) is 0. The molecule has 2 aromatic rings. The predicted octanol–water partition coefficient (Wildman–Crippen LogP) is 3.11. The second-order valence-electron chi connectivity index (χ2n) is 5.30. The van der Waals surface area contributed by atoms with Gasteiger partial charge < -0.3 is 15.4 Å². The van der Waals surface area contributed by atoms with Gasteiger partial charge in [0.1, 0.15) is 5.69 Å². The number of halogens is 3. The van der Waals surface area contributed by atoms with Gasteiger partial charge in [0.15, 0.2) is 0 Å². The molecule has 0 radical (unpaired) electrons. The van der Waals surface area contributed by atoms with Gasteiger partial charge in [-0.3, -0.25) is 4.79 Å². The number of rotatable bonds is 4. The zero-order valence-electron chi connectivity index (χ0n) is 12.7. The average Bonchev–Trinajstić information content (AvgIpc) is 2.82. The van der Waals surface area contributed by atoms with Crippen molar-refractivity contribution in [2.75, 3.05) is 6.61 Å². The van der Waals surface area contributed by atoms with E-state index in [0.717, 1.165) is 11.8 Å². The molecule has 3 N–H and O–H groups in total. The van der Waals surface area contributed by atoms with E-state index in [1.165, 1.54) is 18.2 Å². The Bertz CT molecular complexity index is 708. The Morgan fingerprint density at radius 1 is 1.30 bits per heavy atom. The van der Waals surface area contributed by atoms with Crippen LogP contribution in [-0.2, 0) is 6.18 Å². The first-order valence-electron chi connectivity index (χ1n) is 6.98. The highest BCUT2D eigenvalue weighted by atomic mass is 19.4. The fourth-order valence-electron chi connectivity index (χ4n) is 2.48. The zero-order chi connectivity index (χ0) is 17.2. The number of carbonyl (C=O) groups excluding carboxylic acids is 1. The van der Waals surface area contributed by atoms with Gasteiger partial charge in [-0.2, -0.15) is 13.2 Å². The third-order valence-corrected chi connectivity index (χ3v) is 3.51. The van der Waals surface area contributed by atoms with Crippen molar-refractivity contribution in [1.82, 2.24) is 10.3 Å². The number of aromatic nitrogens is 1. The quantitative estimate of drug-likeness (QED) is 0.808. The van der Waals surface area contributed by atoms with Crippen molar-refractivity contribution in [2.24, 2.45) is 0 Å². The summed E-state index contributed by atoms with van der Waals surface area (Å²) in [5.41, 5.74) is 0.672. The van der Waals surface area contributed by atoms with Gasteiger partial charge in [0.2, 0.25) is 0 Å². The highest BCUT2D eigenvalue weighted by molar-refractivity contribution is 5.94. The van der Waals surface area contributed by atoms with E-state index in [1.807, 2.05) is 0 Å². The normalized spacial score (nSPS) is 13.0. The lowest BCUT2D eigenvalue weighted by Crippen LogP contribution is -2.32. The Hall–Kier alpha value is -2.28. The van der Waals surface area contributed by atoms with Crippen molar-refractivity contribution < 1.29 is 23.1 Å². The van der Waals surface area contributed by atoms with E-state index < -0.39 is 30.3 Å². The van der Waals surface area contributed by atoms with Crippen LogP contribution in [0.2, 0.25) is 0 Å². The first-order valence-corrected chi connectivity index (χ1v) is 6.98. The maximum atomic E-state index is 13.1. The number of nitrogens with one attached hydrogen (secondary N) is 2. The number of aliphatic hydroxyl groups is 1. The minimum absolute atomic E-state index is 0.170. The Labute approximate surface area is 131 Å². The number of H-pyrrole nitrogens is 1. The van der Waals surface area contributed by atoms with E-state index in [1.54, 1.807) is 19.9 Å². The zero-order valence-corrected chi connectivity index (χ0v) is 12.7. The maximum absolute atomic E-state index is 13.1. The Morgan fingerprint density at radius 2 is 1.96 bits per heavy atom. The van der Waals surface area contributed by atoms with Crippen LogP contribution in [0.4, 0.5) is 13.2 Å². The molecule has 0 bridgehead atoms. The Balaban J connectivity index is 2.31. The fraction of sp³-hybridized carbons (Fsp3) is 0.312. The number of aliphatic hydroxyl groups excluding tert-OH is 1. The number of hydrogen-bond donors (Lipinski definition) is 3. The number of aryl methyl sites for hydroxylation is 2. The summed E-state index contributed by atoms with van der Waals surface area (Å²) >= 11 is 0. The minimum atomic E-state index is -4.56. The smallest absolute Gasteiger partial charge is 0.394 e. The third kappa shape index (κ3) is 3.73. The van der Waals surface area contributed by atoms with Crippen molar-refractivity contribution >= 4 is 5.91 Å². The van der Waals surface area contributed by atoms with Gasteiger partial charge in [0.25, 0.3) is 5.91 Å². The van der Waals surface area contributed by atoms with Gasteiger partial charge in [-0.05, 0) is 37.1 Å². The van der Waals surface area contributed by atoms with Gasteiger partial charge in [-0.25, -0.2) is 0 Å². The van der Waals surface area contributed by atoms with Crippen LogP contribution in [0.1, 0.15) is 38.9 Å². The molecule has 0 aliphatic heterocycles. The lowest BCUT2D eigenvalue weighted by atomic mass is 10.00. The minimum Gasteiger partial charge on any atom is -0.394 e. The molecule has 4 nitrogen and oxygen atoms in total. The molecule has 1 aromatic heterocycles. The van der Waals surface area contributed by atoms with E-state index in [-0.39, 0.29) is 11.3 Å². The molecule has 1 aromatic carbocycles. The molecule has 7 heteroatoms. The van der Waals surface area contributed by atoms with Gasteiger partial charge >= 0.3 is 6.18 Å². The van der Waals surface area contributed by atoms with Crippen LogP contribution in [0.25, 0.3) is 0 Å². The number of hydrogen-bond acceptors (Lipinski definition) is 2. The highest BCUT2D eigenvalue weighted by Gasteiger charge is 2.35. The molecular formula is C16H17F3N2O2. The lowest BCUT2D eigenvalue weighted by molar-refractivity contribution is -0.138. The molecule has 23 heavy (non-hydrogen) atoms. The van der Waals surface area contributed by atoms with Gasteiger partial charge in [0.05, 0.1) is 18.2 Å². The van der Waals surface area contributed by atoms with Crippen LogP contribution in [0.5, 0.6) is 0 Å². The van der Waals surface area contributed by atoms with Crippen molar-refractivity contribution in [3.63, 3.8) is 0 Å². The van der Waals surface area contributed by atoms with E-state index in [4.69, 9.17) is 0 Å². The van der Waals surface area contributed by atoms with Crippen LogP contribution in [0.3, 0.4) is 0 Å². The lowest BCUT2D eigenvalue weighted by Gasteiger charge is -2.21. The molecule has 0 saturated heterocycles. The average molecular weight is 326 g/mol. The summed E-state index contributed by atoms with van der Waals surface area (Å²) in [5, 5.41) is 11.9. The molecule has 0 aliphatic rings. The fourth-order valence-corrected chi connectivity index (χ4v) is 2.48. The molecule has 0 spiro atoms. The molecule has 0 aliphatic carbocycles. The summed E-state index contributed by atoms with van der Waals surface area (Å²) in [5.74, 6) is -0.563. The monoisotopic (exact) mass is 326 g/mol. The van der Waals surface area contributed by atoms with Gasteiger partial charge in [0, 0.05) is 5.69 Å². The van der Waals surface area contributed by atoms with Crippen LogP contribution in [0, 0.1) is 13.8 Å². The molecule has 124 valence electrons. The molecule has 2 rings (SSSR count). The largest absolute Gasteiger partial charge is 0.416 e. The highest BCUT2D eigenvalue weighted by Crippen LogP contribution is 2.34. The van der Waals surface area contributed by atoms with Gasteiger partial charge in [-0.1, -0.05) is 18.2 Å². The standard InChI is InChI=1S/C16H17F3N2O2/c1-9-7-10(2)20-14(9)15(23)21-13(8-22)11-5-3-4-6-12(11)16(17,18)19/h3-7,13,20,22H,8H2,1-2H3,(H,21,23). The van der Waals surface area contributed by atoms with Crippen LogP contribution in [-0.4, -0.2) is 22.6 Å². The van der Waals surface area contributed by atoms with Crippen molar-refractivity contribution in [3.05, 3.63) is 58.4 Å². The molecule has 1 unspecified atom stereocenters. The number of alkyl halides is 3. The SMILES string of the molecule is Cc1cc(C)c(C(=O)NC(CO)c2ccccc2C(F)(F)F)[nH]1. The van der Waals surface area contributed by atoms with E-state index in [9.17, 15) is 23.1 Å². The molecule has 0 saturated carbocycles. The predicted molar refractivity (Wildman–Crippen MR) is 79.0 cm³/mol. The van der Waals surface area contributed by atoms with E-state index >= 15 is 0 Å². The van der Waals surface area contributed by atoms with Crippen LogP contribution < -0.4 is 5.32 Å². The number of amides is 1. The summed E-state index contributed by atoms with van der Waals surface area (Å²) < 4.78 is 39.2. The molecule has 0 fully saturated rings. The van der Waals surface area contributed by atoms with Crippen molar-refractivity contribution in [2.45, 2.75) is 26.1 Å². The summed E-state index contributed by atoms with van der Waals surface area (Å²) in [6.45, 7) is 2.85. The number of carbonyl (C=O) groups is 1. The molecule has 1 atom stereocenters. The first-order chi connectivity index (χ1) is 10.7. The second-order valence-corrected chi connectivity index (χ2v) is 5.30. The summed E-state index contributed by atoms with van der Waals surface area (Å²) in [6, 6.07) is 5.48. The van der Waals surface area contributed by atoms with Crippen LogP contribution in [0.15, 0.2) is 30.3 Å². The summed E-state index contributed by atoms with van der Waals surface area (Å²) in [4.78, 5) is 15.1. The maximum Gasteiger partial charge on any atom is 0.416 e. The second kappa shape index (κ2) is 6.45. The van der Waals surface area contributed by atoms with Gasteiger partial charge in [-0.15, -0.1) is 0 Å². The first kappa shape index (κ1) is 17.1. The topological polar surface area (TPSA) is 65.1 Å². The Kier molecular flexibility index (Phi) is 4.79. The van der Waals surface area contributed by atoms with E-state index in [0.29, 0.717) is 5.56 Å². The third-order valence-electron chi connectivity index (χ3n) is 3.51. The van der Waals surface area contributed by atoms with Crippen molar-refractivity contribution in [3.8, 4) is 0 Å². The van der Waals surface area contributed by atoms with E-state index in [2.05, 4.69) is 10.3 Å². The molecular weight excluding hydrogens is 309 g/mol. The number of benzene rings is 1.